The molecule has 8 aliphatic rings. The molecule has 70 heavy (non-hydrogen) atoms. The van der Waals surface area contributed by atoms with E-state index in [4.69, 9.17) is 33.2 Å². The third-order valence-corrected chi connectivity index (χ3v) is 19.2. The summed E-state index contributed by atoms with van der Waals surface area (Å²) in [6.45, 7) is 6.99. The van der Waals surface area contributed by atoms with Gasteiger partial charge in [0, 0.05) is 11.3 Å². The van der Waals surface area contributed by atoms with Gasteiger partial charge in [-0.05, 0) is 92.4 Å². The Morgan fingerprint density at radius 1 is 0.686 bits per heavy atom. The number of carbonyl (C=O) groups excluding carboxylic acids is 3. The number of hydrogen-bond donors (Lipinski definition) is 12. The monoisotopic (exact) mass is 1000 g/mol. The van der Waals surface area contributed by atoms with Crippen molar-refractivity contribution in [2.24, 2.45) is 50.2 Å². The number of methoxy groups -OCH3 is 1. The van der Waals surface area contributed by atoms with Crippen LogP contribution in [0.4, 0.5) is 0 Å². The van der Waals surface area contributed by atoms with Gasteiger partial charge < -0.3 is 94.4 Å². The molecule has 0 unspecified atom stereocenters. The van der Waals surface area contributed by atoms with Gasteiger partial charge in [-0.1, -0.05) is 33.3 Å². The molecule has 0 aromatic heterocycles. The zero-order valence-electron chi connectivity index (χ0n) is 40.5. The first-order chi connectivity index (χ1) is 32.8. The number of carbonyl (C=O) groups is 3. The van der Waals surface area contributed by atoms with Gasteiger partial charge in [0.25, 0.3) is 0 Å². The fraction of sp³-hybridized carbons (Fsp3) is 0.896. The lowest BCUT2D eigenvalue weighted by atomic mass is 9.33. The summed E-state index contributed by atoms with van der Waals surface area (Å²) in [6, 6.07) is 0. The van der Waals surface area contributed by atoms with Gasteiger partial charge in [-0.15, -0.1) is 0 Å². The van der Waals surface area contributed by atoms with Crippen LogP contribution < -0.4 is 0 Å². The molecule has 3 aliphatic heterocycles. The molecule has 12 N–H and O–H groups in total. The molecule has 22 heteroatoms. The summed E-state index contributed by atoms with van der Waals surface area (Å²) in [4.78, 5) is 43.6. The molecule has 3 saturated heterocycles. The average Bonchev–Trinajstić information content (AvgIpc) is 3.32. The van der Waals surface area contributed by atoms with Crippen molar-refractivity contribution in [1.29, 1.82) is 0 Å². The number of fused-ring (bicyclic) bond motifs is 7. The number of ketones is 1. The van der Waals surface area contributed by atoms with Gasteiger partial charge >= 0.3 is 11.9 Å². The molecule has 3 heterocycles. The van der Waals surface area contributed by atoms with Crippen molar-refractivity contribution in [3.63, 3.8) is 0 Å². The second-order valence-corrected chi connectivity index (χ2v) is 22.9. The van der Waals surface area contributed by atoms with E-state index in [1.54, 1.807) is 19.9 Å². The van der Waals surface area contributed by atoms with Crippen molar-refractivity contribution in [1.82, 2.24) is 0 Å². The molecule has 22 nitrogen and oxygen atoms in total. The molecule has 0 radical (unpaired) electrons. The Bertz CT molecular complexity index is 2000. The lowest BCUT2D eigenvalue weighted by molar-refractivity contribution is -0.367. The zero-order valence-corrected chi connectivity index (χ0v) is 40.5. The highest BCUT2D eigenvalue weighted by Crippen LogP contribution is 2.75. The fourth-order valence-corrected chi connectivity index (χ4v) is 15.0. The lowest BCUT2D eigenvalue weighted by Crippen LogP contribution is -2.71. The number of esters is 2. The summed E-state index contributed by atoms with van der Waals surface area (Å²) in [5, 5.41) is 129. The van der Waals surface area contributed by atoms with Crippen LogP contribution in [0.25, 0.3) is 0 Å². The Hall–Kier alpha value is -2.33. The number of hydrogen-bond acceptors (Lipinski definition) is 22. The highest BCUT2D eigenvalue weighted by molar-refractivity contribution is 5.96. The molecule has 7 fully saturated rings. The smallest absolute Gasteiger partial charge is 0.315 e. The fourth-order valence-electron chi connectivity index (χ4n) is 15.0. The predicted octanol–water partition coefficient (Wildman–Crippen LogP) is -2.95. The van der Waals surface area contributed by atoms with E-state index >= 15 is 4.79 Å². The Morgan fingerprint density at radius 3 is 1.96 bits per heavy atom. The van der Waals surface area contributed by atoms with Gasteiger partial charge in [-0.25, -0.2) is 0 Å². The van der Waals surface area contributed by atoms with Gasteiger partial charge in [0.15, 0.2) is 18.4 Å². The predicted molar refractivity (Wildman–Crippen MR) is 234 cm³/mol. The van der Waals surface area contributed by atoms with Crippen molar-refractivity contribution in [2.75, 3.05) is 33.5 Å². The molecule has 398 valence electrons. The van der Waals surface area contributed by atoms with Gasteiger partial charge in [0.05, 0.1) is 56.6 Å². The minimum atomic E-state index is -1.88. The van der Waals surface area contributed by atoms with Crippen LogP contribution in [0, 0.1) is 50.2 Å². The van der Waals surface area contributed by atoms with Crippen molar-refractivity contribution < 1.29 is 109 Å². The minimum Gasteiger partial charge on any atom is -0.469 e. The quantitative estimate of drug-likeness (QED) is 0.0769. The van der Waals surface area contributed by atoms with Crippen molar-refractivity contribution >= 4 is 17.7 Å². The number of aliphatic hydroxyl groups is 12. The molecule has 0 amide bonds. The third kappa shape index (κ3) is 8.05. The Balaban J connectivity index is 1.08. The van der Waals surface area contributed by atoms with Crippen LogP contribution in [0.15, 0.2) is 11.6 Å². The second-order valence-electron chi connectivity index (χ2n) is 22.9. The van der Waals surface area contributed by atoms with Crippen molar-refractivity contribution in [3.05, 3.63) is 11.6 Å². The number of aliphatic hydroxyl groups excluding tert-OH is 12. The Labute approximate surface area is 405 Å². The van der Waals surface area contributed by atoms with E-state index < -0.39 is 187 Å². The SMILES string of the molecule is COC(=O)[C@@]1(C)CC[C@]2(C(=O)O[C@@H]3O[C@H](CO)[C@@H](O)[C@H](O)[C@H]3O)CC[C@]3(C)C(=CC(=O)[C@@H]4[C@@]5(C)C[C@H](O)[C@H](O[C@@H]6O[C@H](CO)[C@@H](O[C@@H]7OC[C@@H](O)[C@H](O)[C@H]7O)[C@H](O)[C@H]6O)[C@@](C)(CO)[C@@H]5CC[C@]43C)[C@@H]2C1. The summed E-state index contributed by atoms with van der Waals surface area (Å²) in [6.07, 6.45) is -22.4. The van der Waals surface area contributed by atoms with Crippen LogP contribution in [-0.2, 0) is 47.5 Å². The highest BCUT2D eigenvalue weighted by Gasteiger charge is 2.73. The normalized spacial score (nSPS) is 53.6. The molecule has 8 rings (SSSR count). The first-order valence-corrected chi connectivity index (χ1v) is 24.5. The summed E-state index contributed by atoms with van der Waals surface area (Å²) in [7, 11) is 1.28. The first-order valence-electron chi connectivity index (χ1n) is 24.5. The summed E-state index contributed by atoms with van der Waals surface area (Å²) in [5.41, 5.74) is -5.74. The Morgan fingerprint density at radius 2 is 1.31 bits per heavy atom. The average molecular weight is 1000 g/mol. The minimum absolute atomic E-state index is 0.0198. The maximum Gasteiger partial charge on any atom is 0.315 e. The van der Waals surface area contributed by atoms with Crippen molar-refractivity contribution in [2.45, 2.75) is 184 Å². The molecular weight excluding hydrogens is 929 g/mol. The van der Waals surface area contributed by atoms with E-state index in [9.17, 15) is 70.9 Å². The Kier molecular flexibility index (Phi) is 14.7. The molecule has 0 aromatic carbocycles. The van der Waals surface area contributed by atoms with E-state index in [0.717, 1.165) is 0 Å². The molecule has 0 bridgehead atoms. The molecule has 5 aliphatic carbocycles. The van der Waals surface area contributed by atoms with Gasteiger partial charge in [0.1, 0.15) is 67.1 Å². The van der Waals surface area contributed by atoms with Crippen LogP contribution in [0.3, 0.4) is 0 Å². The van der Waals surface area contributed by atoms with Gasteiger partial charge in [0.2, 0.25) is 6.29 Å². The lowest BCUT2D eigenvalue weighted by Gasteiger charge is -2.71. The van der Waals surface area contributed by atoms with Gasteiger partial charge in [-0.3, -0.25) is 14.4 Å². The topological polar surface area (TPSA) is 359 Å². The van der Waals surface area contributed by atoms with Crippen LogP contribution in [0.2, 0.25) is 0 Å². The molecule has 0 spiro atoms. The molecule has 25 atom stereocenters. The third-order valence-electron chi connectivity index (χ3n) is 19.2. The van der Waals surface area contributed by atoms with Crippen molar-refractivity contribution in [3.8, 4) is 0 Å². The maximum absolute atomic E-state index is 15.3. The van der Waals surface area contributed by atoms with Crippen LogP contribution in [0.5, 0.6) is 0 Å². The highest BCUT2D eigenvalue weighted by atomic mass is 16.7. The van der Waals surface area contributed by atoms with E-state index in [1.165, 1.54) is 7.11 Å². The molecular formula is C48H74O22. The molecule has 4 saturated carbocycles. The van der Waals surface area contributed by atoms with Crippen LogP contribution >= 0.6 is 0 Å². The summed E-state index contributed by atoms with van der Waals surface area (Å²) in [5.74, 6) is -3.60. The van der Waals surface area contributed by atoms with Gasteiger partial charge in [-0.2, -0.15) is 0 Å². The maximum atomic E-state index is 15.3. The number of rotatable bonds is 10. The van der Waals surface area contributed by atoms with E-state index in [0.29, 0.717) is 24.8 Å². The second kappa shape index (κ2) is 19.1. The standard InChI is InChI=1S/C48H74O22/c1-43(41(62)64-6)9-11-48(42(63)70-40-33(60)30(57)29(56)25(16-49)66-40)12-10-46(4)20(21(48)14-43)13-22(52)36-44(2)15-23(53)37(45(3,19-51)27(44)7-8-47(36,46)5)69-39-34(61)31(58)35(26(17-50)67-39)68-38-32(59)28(55)24(54)18-65-38/h13,21,23-40,49-51,53-61H,7-12,14-19H2,1-6H3/t21-,23-,24+,25+,26+,27+,28-,29+,30-,31+,32+,33+,34+,35+,36+,37-,38-,39-,40-,43-,44-,45-,46+,47+,48-/m0/s1. The van der Waals surface area contributed by atoms with Crippen LogP contribution in [0.1, 0.15) is 86.0 Å². The number of allylic oxidation sites excluding steroid dienone is 2. The number of ether oxygens (including phenoxy) is 7. The zero-order chi connectivity index (χ0) is 51.4. The molecule has 0 aromatic rings. The van der Waals surface area contributed by atoms with Crippen LogP contribution in [-0.4, -0.2) is 211 Å². The van der Waals surface area contributed by atoms with E-state index in [-0.39, 0.29) is 37.9 Å². The van der Waals surface area contributed by atoms with E-state index in [1.807, 2.05) is 13.8 Å². The summed E-state index contributed by atoms with van der Waals surface area (Å²) < 4.78 is 40.0. The summed E-state index contributed by atoms with van der Waals surface area (Å²) >= 11 is 0. The largest absolute Gasteiger partial charge is 0.469 e. The first kappa shape index (κ1) is 53.9. The van der Waals surface area contributed by atoms with E-state index in [2.05, 4.69) is 6.92 Å².